The summed E-state index contributed by atoms with van der Waals surface area (Å²) in [6.07, 6.45) is 0. The van der Waals surface area contributed by atoms with Crippen LogP contribution in [0, 0.1) is 6.92 Å². The van der Waals surface area contributed by atoms with E-state index in [0.29, 0.717) is 11.1 Å². The Kier molecular flexibility index (Phi) is 3.84. The van der Waals surface area contributed by atoms with Crippen molar-refractivity contribution in [1.29, 1.82) is 0 Å². The molecule has 102 valence electrons. The van der Waals surface area contributed by atoms with Gasteiger partial charge in [-0.3, -0.25) is 4.79 Å². The van der Waals surface area contributed by atoms with Gasteiger partial charge in [-0.15, -0.1) is 0 Å². The fraction of sp³-hybridized carbons (Fsp3) is 0.125. The van der Waals surface area contributed by atoms with E-state index in [1.54, 1.807) is 24.3 Å². The van der Waals surface area contributed by atoms with Gasteiger partial charge in [-0.1, -0.05) is 23.8 Å². The van der Waals surface area contributed by atoms with Gasteiger partial charge in [0.05, 0.1) is 7.11 Å². The van der Waals surface area contributed by atoms with Crippen LogP contribution < -0.4 is 4.74 Å². The maximum absolute atomic E-state index is 12.3. The minimum atomic E-state index is -1.12. The number of carboxylic acid groups (broad SMARTS) is 1. The van der Waals surface area contributed by atoms with Crippen molar-refractivity contribution in [3.05, 3.63) is 64.7 Å². The molecule has 0 amide bonds. The van der Waals surface area contributed by atoms with Gasteiger partial charge >= 0.3 is 5.97 Å². The third-order valence-electron chi connectivity index (χ3n) is 2.97. The number of hydrogen-bond donors (Lipinski definition) is 1. The summed E-state index contributed by atoms with van der Waals surface area (Å²) in [7, 11) is 1.39. The van der Waals surface area contributed by atoms with Crippen molar-refractivity contribution in [2.45, 2.75) is 6.92 Å². The number of methoxy groups -OCH3 is 1. The smallest absolute Gasteiger partial charge is 0.339 e. The Morgan fingerprint density at radius 3 is 2.35 bits per heavy atom. The van der Waals surface area contributed by atoms with E-state index >= 15 is 0 Å². The second kappa shape index (κ2) is 5.57. The van der Waals surface area contributed by atoms with Crippen molar-refractivity contribution >= 4 is 11.8 Å². The number of hydrogen-bond acceptors (Lipinski definition) is 3. The molecule has 20 heavy (non-hydrogen) atoms. The maximum atomic E-state index is 12.3. The van der Waals surface area contributed by atoms with Crippen LogP contribution in [0.1, 0.15) is 31.8 Å². The highest BCUT2D eigenvalue weighted by atomic mass is 16.5. The van der Waals surface area contributed by atoms with Crippen LogP contribution in [0.2, 0.25) is 0 Å². The second-order valence-electron chi connectivity index (χ2n) is 4.42. The molecule has 0 saturated carbocycles. The van der Waals surface area contributed by atoms with Crippen LogP contribution in [-0.2, 0) is 0 Å². The predicted molar refractivity (Wildman–Crippen MR) is 74.6 cm³/mol. The molecule has 0 aliphatic rings. The number of carboxylic acids is 1. The van der Waals surface area contributed by atoms with Crippen LogP contribution >= 0.6 is 0 Å². The Balaban J connectivity index is 2.45. The molecule has 0 atom stereocenters. The van der Waals surface area contributed by atoms with E-state index in [-0.39, 0.29) is 17.1 Å². The molecule has 0 aliphatic carbocycles. The molecule has 4 nitrogen and oxygen atoms in total. The number of ketones is 1. The monoisotopic (exact) mass is 270 g/mol. The third-order valence-corrected chi connectivity index (χ3v) is 2.97. The van der Waals surface area contributed by atoms with Gasteiger partial charge in [-0.2, -0.15) is 0 Å². The minimum absolute atomic E-state index is 0.0222. The first-order valence-corrected chi connectivity index (χ1v) is 6.05. The Morgan fingerprint density at radius 1 is 1.05 bits per heavy atom. The number of rotatable bonds is 4. The lowest BCUT2D eigenvalue weighted by atomic mass is 9.99. The number of carbonyl (C=O) groups excluding carboxylic acids is 1. The van der Waals surface area contributed by atoms with Crippen molar-refractivity contribution in [2.24, 2.45) is 0 Å². The highest BCUT2D eigenvalue weighted by molar-refractivity contribution is 6.10. The Hall–Kier alpha value is -2.62. The molecule has 0 unspecified atom stereocenters. The van der Waals surface area contributed by atoms with E-state index in [0.717, 1.165) is 5.56 Å². The number of aromatic carboxylic acids is 1. The van der Waals surface area contributed by atoms with Crippen molar-refractivity contribution in [2.75, 3.05) is 7.11 Å². The SMILES string of the molecule is COc1ccc(C(=O)c2cccc(C)c2)cc1C(=O)O. The van der Waals surface area contributed by atoms with E-state index in [2.05, 4.69) is 0 Å². The molecule has 0 fully saturated rings. The molecule has 1 N–H and O–H groups in total. The standard InChI is InChI=1S/C16H14O4/c1-10-4-3-5-11(8-10)15(17)12-6-7-14(20-2)13(9-12)16(18)19/h3-9H,1-2H3,(H,18,19). The van der Waals surface area contributed by atoms with Gasteiger partial charge in [0, 0.05) is 11.1 Å². The summed E-state index contributed by atoms with van der Waals surface area (Å²) in [5.74, 6) is -1.10. The van der Waals surface area contributed by atoms with Crippen molar-refractivity contribution in [3.8, 4) is 5.75 Å². The first kappa shape index (κ1) is 13.8. The predicted octanol–water partition coefficient (Wildman–Crippen LogP) is 2.93. The van der Waals surface area contributed by atoms with Gasteiger partial charge in [-0.25, -0.2) is 4.79 Å². The highest BCUT2D eigenvalue weighted by Gasteiger charge is 2.16. The second-order valence-corrected chi connectivity index (χ2v) is 4.42. The van der Waals surface area contributed by atoms with Crippen LogP contribution in [0.5, 0.6) is 5.75 Å². The van der Waals surface area contributed by atoms with Crippen molar-refractivity contribution in [3.63, 3.8) is 0 Å². The molecular weight excluding hydrogens is 256 g/mol. The summed E-state index contributed by atoms with van der Waals surface area (Å²) in [6.45, 7) is 1.90. The van der Waals surface area contributed by atoms with Crippen LogP contribution in [0.3, 0.4) is 0 Å². The summed E-state index contributed by atoms with van der Waals surface area (Å²) in [6, 6.07) is 11.6. The molecule has 0 aromatic heterocycles. The molecule has 0 radical (unpaired) electrons. The molecule has 2 aromatic rings. The molecule has 2 rings (SSSR count). The number of aryl methyl sites for hydroxylation is 1. The van der Waals surface area contributed by atoms with Crippen molar-refractivity contribution in [1.82, 2.24) is 0 Å². The molecular formula is C16H14O4. The van der Waals surface area contributed by atoms with E-state index in [1.165, 1.54) is 19.2 Å². The minimum Gasteiger partial charge on any atom is -0.496 e. The molecule has 4 heteroatoms. The van der Waals surface area contributed by atoms with Gasteiger partial charge in [-0.05, 0) is 31.2 Å². The summed E-state index contributed by atoms with van der Waals surface area (Å²) in [5, 5.41) is 9.13. The average Bonchev–Trinajstić information content (AvgIpc) is 2.45. The van der Waals surface area contributed by atoms with Crippen molar-refractivity contribution < 1.29 is 19.4 Å². The molecule has 0 heterocycles. The third kappa shape index (κ3) is 2.69. The Morgan fingerprint density at radius 2 is 1.75 bits per heavy atom. The lowest BCUT2D eigenvalue weighted by Crippen LogP contribution is -2.06. The fourth-order valence-electron chi connectivity index (χ4n) is 1.97. The summed E-state index contributed by atoms with van der Waals surface area (Å²) >= 11 is 0. The quantitative estimate of drug-likeness (QED) is 0.867. The first-order chi connectivity index (χ1) is 9.52. The number of ether oxygens (including phenoxy) is 1. The Labute approximate surface area is 116 Å². The fourth-order valence-corrected chi connectivity index (χ4v) is 1.97. The lowest BCUT2D eigenvalue weighted by molar-refractivity contribution is 0.0693. The molecule has 0 saturated heterocycles. The molecule has 0 bridgehead atoms. The average molecular weight is 270 g/mol. The van der Waals surface area contributed by atoms with Gasteiger partial charge in [0.1, 0.15) is 11.3 Å². The van der Waals surface area contributed by atoms with E-state index in [9.17, 15) is 9.59 Å². The van der Waals surface area contributed by atoms with Crippen LogP contribution in [0.25, 0.3) is 0 Å². The molecule has 2 aromatic carbocycles. The lowest BCUT2D eigenvalue weighted by Gasteiger charge is -2.07. The topological polar surface area (TPSA) is 63.6 Å². The largest absolute Gasteiger partial charge is 0.496 e. The zero-order chi connectivity index (χ0) is 14.7. The molecule has 0 spiro atoms. The maximum Gasteiger partial charge on any atom is 0.339 e. The van der Waals surface area contributed by atoms with E-state index in [4.69, 9.17) is 9.84 Å². The van der Waals surface area contributed by atoms with Gasteiger partial charge in [0.25, 0.3) is 0 Å². The zero-order valence-electron chi connectivity index (χ0n) is 11.2. The van der Waals surface area contributed by atoms with E-state index in [1.807, 2.05) is 13.0 Å². The zero-order valence-corrected chi connectivity index (χ0v) is 11.2. The number of carbonyl (C=O) groups is 2. The first-order valence-electron chi connectivity index (χ1n) is 6.05. The van der Waals surface area contributed by atoms with Crippen LogP contribution in [-0.4, -0.2) is 24.0 Å². The van der Waals surface area contributed by atoms with Gasteiger partial charge in [0.15, 0.2) is 5.78 Å². The summed E-state index contributed by atoms with van der Waals surface area (Å²) in [5.41, 5.74) is 1.81. The van der Waals surface area contributed by atoms with Crippen LogP contribution in [0.4, 0.5) is 0 Å². The number of benzene rings is 2. The molecule has 0 aliphatic heterocycles. The van der Waals surface area contributed by atoms with Gasteiger partial charge < -0.3 is 9.84 Å². The summed E-state index contributed by atoms with van der Waals surface area (Å²) < 4.78 is 4.97. The van der Waals surface area contributed by atoms with E-state index < -0.39 is 5.97 Å². The normalized spacial score (nSPS) is 10.1. The van der Waals surface area contributed by atoms with Crippen LogP contribution in [0.15, 0.2) is 42.5 Å². The highest BCUT2D eigenvalue weighted by Crippen LogP contribution is 2.21. The van der Waals surface area contributed by atoms with Gasteiger partial charge in [0.2, 0.25) is 0 Å². The Bertz CT molecular complexity index is 674. The summed E-state index contributed by atoms with van der Waals surface area (Å²) in [4.78, 5) is 23.5.